The van der Waals surface area contributed by atoms with Gasteiger partial charge in [-0.2, -0.15) is 0 Å². The van der Waals surface area contributed by atoms with Gasteiger partial charge in [0.15, 0.2) is 0 Å². The molecule has 1 aromatic carbocycles. The van der Waals surface area contributed by atoms with Crippen LogP contribution < -0.4 is 9.75 Å². The molecule has 140 valence electrons. The van der Waals surface area contributed by atoms with Crippen LogP contribution in [-0.4, -0.2) is 38.8 Å². The number of likely N-dealkylation sites (N-methyl/N-ethyl adjacent to an activating group) is 1. The molecule has 2 nitrogen and oxygen atoms in total. The topological polar surface area (TPSA) is 12.5 Å². The third kappa shape index (κ3) is 3.85. The van der Waals surface area contributed by atoms with E-state index in [9.17, 15) is 0 Å². The van der Waals surface area contributed by atoms with Crippen LogP contribution in [0.1, 0.15) is 11.1 Å². The van der Waals surface area contributed by atoms with Gasteiger partial charge < -0.3 is 9.64 Å². The first kappa shape index (κ1) is 18.8. The first-order chi connectivity index (χ1) is 13.0. The minimum Gasteiger partial charge on any atom is -0.375 e. The molecule has 27 heavy (non-hydrogen) atoms. The molecule has 2 heterocycles. The number of thioether (sulfide) groups is 1. The number of ether oxygens (including phenoxy) is 1. The van der Waals surface area contributed by atoms with E-state index in [2.05, 4.69) is 75.4 Å². The molecule has 1 aliphatic heterocycles. The molecule has 0 N–H and O–H groups in total. The van der Waals surface area contributed by atoms with Gasteiger partial charge in [-0.25, -0.2) is 0 Å². The lowest BCUT2D eigenvalue weighted by molar-refractivity contribution is 0.140. The van der Waals surface area contributed by atoms with Crippen molar-refractivity contribution in [3.05, 3.63) is 67.8 Å². The van der Waals surface area contributed by atoms with Crippen molar-refractivity contribution in [1.82, 2.24) is 4.90 Å². The molecule has 0 fully saturated rings. The number of allylic oxidation sites excluding steroid dienone is 4. The van der Waals surface area contributed by atoms with Crippen molar-refractivity contribution in [3.63, 3.8) is 0 Å². The molecule has 0 saturated carbocycles. The Balaban J connectivity index is 1.76. The highest BCUT2D eigenvalue weighted by Crippen LogP contribution is 2.37. The number of hydrogen-bond acceptors (Lipinski definition) is 4. The van der Waals surface area contributed by atoms with E-state index in [1.165, 1.54) is 46.3 Å². The van der Waals surface area contributed by atoms with Crippen molar-refractivity contribution in [1.29, 1.82) is 0 Å². The average Bonchev–Trinajstić information content (AvgIpc) is 2.88. The monoisotopic (exact) mass is 395 g/mol. The second-order valence-electron chi connectivity index (χ2n) is 7.37. The quantitative estimate of drug-likeness (QED) is 0.707. The summed E-state index contributed by atoms with van der Waals surface area (Å²) in [7, 11) is 4.15. The lowest BCUT2D eigenvalue weighted by atomic mass is 10.1. The van der Waals surface area contributed by atoms with Gasteiger partial charge in [-0.15, -0.1) is 11.3 Å². The van der Waals surface area contributed by atoms with E-state index in [0.29, 0.717) is 6.61 Å². The average molecular weight is 396 g/mol. The zero-order valence-corrected chi connectivity index (χ0v) is 18.0. The Morgan fingerprint density at radius 3 is 2.74 bits per heavy atom. The molecule has 1 aliphatic carbocycles. The molecule has 4 rings (SSSR count). The van der Waals surface area contributed by atoms with Crippen LogP contribution >= 0.6 is 23.1 Å². The van der Waals surface area contributed by atoms with Crippen LogP contribution in [0.2, 0.25) is 0 Å². The predicted molar refractivity (Wildman–Crippen MR) is 121 cm³/mol. The Morgan fingerprint density at radius 2 is 1.93 bits per heavy atom. The summed E-state index contributed by atoms with van der Waals surface area (Å²) in [6, 6.07) is 4.63. The largest absolute Gasteiger partial charge is 0.375 e. The minimum absolute atomic E-state index is 0.675. The fourth-order valence-corrected chi connectivity index (χ4v) is 5.82. The number of hydrogen-bond donors (Lipinski definition) is 0. The first-order valence-corrected chi connectivity index (χ1v) is 10.9. The van der Waals surface area contributed by atoms with Crippen molar-refractivity contribution < 1.29 is 4.74 Å². The van der Waals surface area contributed by atoms with Gasteiger partial charge in [-0.05, 0) is 57.3 Å². The minimum atomic E-state index is 0.675. The second-order valence-corrected chi connectivity index (χ2v) is 9.56. The van der Waals surface area contributed by atoms with E-state index in [1.54, 1.807) is 0 Å². The number of fused-ring (bicyclic) bond motifs is 4. The molecular weight excluding hydrogens is 370 g/mol. The summed E-state index contributed by atoms with van der Waals surface area (Å²) >= 11 is 3.77. The van der Waals surface area contributed by atoms with Gasteiger partial charge in [0.1, 0.15) is 0 Å². The van der Waals surface area contributed by atoms with Crippen molar-refractivity contribution in [2.24, 2.45) is 0 Å². The van der Waals surface area contributed by atoms with Gasteiger partial charge in [0, 0.05) is 36.2 Å². The van der Waals surface area contributed by atoms with Crippen LogP contribution in [-0.2, 0) is 4.74 Å². The van der Waals surface area contributed by atoms with Crippen molar-refractivity contribution in [2.75, 3.05) is 33.9 Å². The van der Waals surface area contributed by atoms with E-state index >= 15 is 0 Å². The summed E-state index contributed by atoms with van der Waals surface area (Å²) in [6.45, 7) is 6.80. The molecule has 0 atom stereocenters. The summed E-state index contributed by atoms with van der Waals surface area (Å²) in [5.41, 5.74) is 3.99. The SMILES string of the molecule is Cc1cc(C)c2sc3c(c2c1)=C1SC(COCCN(C)C)=CC=C1C=CC=3. The molecule has 0 bridgehead atoms. The van der Waals surface area contributed by atoms with Crippen LogP contribution in [0, 0.1) is 13.8 Å². The maximum atomic E-state index is 5.89. The first-order valence-electron chi connectivity index (χ1n) is 9.27. The Bertz CT molecular complexity index is 1100. The molecule has 2 aliphatic rings. The fraction of sp³-hybridized carbons (Fsp3) is 0.304. The van der Waals surface area contributed by atoms with Gasteiger partial charge in [0.25, 0.3) is 0 Å². The smallest absolute Gasteiger partial charge is 0.0779 e. The van der Waals surface area contributed by atoms with E-state index < -0.39 is 0 Å². The standard InChI is InChI=1S/C23H25NOS2/c1-15-12-16(2)22-19(13-15)21-20(27-22)7-5-6-17-8-9-18(26-23(17)21)14-25-11-10-24(3)4/h5-9,12-13H,10-11,14H2,1-4H3. The zero-order chi connectivity index (χ0) is 19.0. The molecule has 2 aromatic rings. The maximum absolute atomic E-state index is 5.89. The van der Waals surface area contributed by atoms with Crippen LogP contribution in [0.5, 0.6) is 0 Å². The van der Waals surface area contributed by atoms with Crippen LogP contribution in [0.15, 0.2) is 46.9 Å². The summed E-state index contributed by atoms with van der Waals surface area (Å²) in [5, 5.41) is 2.78. The normalized spacial score (nSPS) is 16.0. The Morgan fingerprint density at radius 1 is 1.07 bits per heavy atom. The Kier molecular flexibility index (Phi) is 5.42. The van der Waals surface area contributed by atoms with Gasteiger partial charge >= 0.3 is 0 Å². The summed E-state index contributed by atoms with van der Waals surface area (Å²) in [5.74, 6) is 0. The molecule has 0 saturated heterocycles. The highest BCUT2D eigenvalue weighted by Gasteiger charge is 2.17. The van der Waals surface area contributed by atoms with Gasteiger partial charge in [-0.3, -0.25) is 0 Å². The predicted octanol–water partition coefficient (Wildman–Crippen LogP) is 4.11. The molecule has 1 aromatic heterocycles. The number of benzene rings is 1. The van der Waals surface area contributed by atoms with Crippen molar-refractivity contribution in [2.45, 2.75) is 13.8 Å². The number of aryl methyl sites for hydroxylation is 2. The molecule has 4 heteroatoms. The van der Waals surface area contributed by atoms with Crippen molar-refractivity contribution >= 4 is 44.2 Å². The molecular formula is C23H25NOS2. The lowest BCUT2D eigenvalue weighted by Gasteiger charge is -2.16. The number of nitrogens with zero attached hydrogens (tertiary/aromatic N) is 1. The molecule has 0 radical (unpaired) electrons. The third-order valence-corrected chi connectivity index (χ3v) is 7.23. The van der Waals surface area contributed by atoms with E-state index in [1.807, 2.05) is 23.1 Å². The summed E-state index contributed by atoms with van der Waals surface area (Å²) in [6.07, 6.45) is 11.1. The lowest BCUT2D eigenvalue weighted by Crippen LogP contribution is -2.22. The summed E-state index contributed by atoms with van der Waals surface area (Å²) < 4.78 is 8.66. The molecule has 0 amide bonds. The molecule has 0 unspecified atom stereocenters. The zero-order valence-electron chi connectivity index (χ0n) is 16.3. The van der Waals surface area contributed by atoms with E-state index in [4.69, 9.17) is 4.74 Å². The number of rotatable bonds is 5. The Labute approximate surface area is 169 Å². The van der Waals surface area contributed by atoms with Gasteiger partial charge in [0.05, 0.1) is 13.2 Å². The van der Waals surface area contributed by atoms with Crippen LogP contribution in [0.4, 0.5) is 0 Å². The number of thiophene rings is 1. The van der Waals surface area contributed by atoms with Crippen molar-refractivity contribution in [3.8, 4) is 0 Å². The highest BCUT2D eigenvalue weighted by atomic mass is 32.2. The fourth-order valence-electron chi connectivity index (χ4n) is 3.47. The van der Waals surface area contributed by atoms with E-state index in [-0.39, 0.29) is 0 Å². The third-order valence-electron chi connectivity index (χ3n) is 4.77. The van der Waals surface area contributed by atoms with E-state index in [0.717, 1.165) is 13.2 Å². The highest BCUT2D eigenvalue weighted by molar-refractivity contribution is 8.11. The van der Waals surface area contributed by atoms with Gasteiger partial charge in [0.2, 0.25) is 0 Å². The second kappa shape index (κ2) is 7.80. The summed E-state index contributed by atoms with van der Waals surface area (Å²) in [4.78, 5) is 4.78. The van der Waals surface area contributed by atoms with Gasteiger partial charge in [-0.1, -0.05) is 41.6 Å². The van der Waals surface area contributed by atoms with Crippen LogP contribution in [0.3, 0.4) is 0 Å². The maximum Gasteiger partial charge on any atom is 0.0779 e. The molecule has 0 spiro atoms. The Hall–Kier alpha value is -1.59. The van der Waals surface area contributed by atoms with Crippen LogP contribution in [0.25, 0.3) is 21.1 Å².